The number of hydrogen-bond acceptors (Lipinski definition) is 5. The van der Waals surface area contributed by atoms with E-state index in [2.05, 4.69) is 27.7 Å². The number of ether oxygens (including phenoxy) is 3. The minimum atomic E-state index is -0.814. The van der Waals surface area contributed by atoms with Gasteiger partial charge in [-0.15, -0.1) is 0 Å². The summed E-state index contributed by atoms with van der Waals surface area (Å²) in [5.74, 6) is -0.459. The first-order valence-corrected chi connectivity index (χ1v) is 9.80. The summed E-state index contributed by atoms with van der Waals surface area (Å²) in [6.07, 6.45) is 5.28. The van der Waals surface area contributed by atoms with Gasteiger partial charge >= 0.3 is 5.97 Å². The maximum absolute atomic E-state index is 13.2. The van der Waals surface area contributed by atoms with Gasteiger partial charge in [0.05, 0.1) is 13.5 Å². The number of methoxy groups -OCH3 is 1. The van der Waals surface area contributed by atoms with Gasteiger partial charge < -0.3 is 14.2 Å². The first-order chi connectivity index (χ1) is 12.1. The Bertz CT molecular complexity index is 672. The highest BCUT2D eigenvalue weighted by Gasteiger charge is 2.70. The van der Waals surface area contributed by atoms with Crippen molar-refractivity contribution in [3.05, 3.63) is 11.6 Å². The topological polar surface area (TPSA) is 61.8 Å². The van der Waals surface area contributed by atoms with Crippen molar-refractivity contribution >= 4 is 11.8 Å². The van der Waals surface area contributed by atoms with Gasteiger partial charge in [0.25, 0.3) is 0 Å². The normalized spacial score (nSPS) is 48.0. The van der Waals surface area contributed by atoms with Crippen LogP contribution in [0.1, 0.15) is 59.8 Å². The van der Waals surface area contributed by atoms with Crippen molar-refractivity contribution in [2.45, 2.75) is 71.9 Å². The van der Waals surface area contributed by atoms with E-state index < -0.39 is 12.1 Å². The fourth-order valence-electron chi connectivity index (χ4n) is 6.96. The molecule has 0 amide bonds. The molecular weight excluding hydrogens is 332 g/mol. The van der Waals surface area contributed by atoms with Crippen LogP contribution in [0.15, 0.2) is 11.6 Å². The predicted octanol–water partition coefficient (Wildman–Crippen LogP) is 3.62. The molecule has 26 heavy (non-hydrogen) atoms. The molecule has 2 bridgehead atoms. The molecule has 1 spiro atoms. The summed E-state index contributed by atoms with van der Waals surface area (Å²) in [7, 11) is 1.37. The van der Waals surface area contributed by atoms with E-state index in [1.54, 1.807) is 0 Å². The maximum Gasteiger partial charge on any atom is 0.330 e. The minimum Gasteiger partial charge on any atom is -0.466 e. The Hall–Kier alpha value is -1.20. The van der Waals surface area contributed by atoms with E-state index >= 15 is 0 Å². The molecule has 0 unspecified atom stereocenters. The monoisotopic (exact) mass is 362 g/mol. The van der Waals surface area contributed by atoms with E-state index in [-0.39, 0.29) is 40.3 Å². The van der Waals surface area contributed by atoms with Crippen LogP contribution >= 0.6 is 0 Å². The minimum absolute atomic E-state index is 0.00551. The van der Waals surface area contributed by atoms with Gasteiger partial charge in [-0.05, 0) is 41.6 Å². The summed E-state index contributed by atoms with van der Waals surface area (Å²) in [6, 6.07) is 0. The number of rotatable bonds is 1. The Kier molecular flexibility index (Phi) is 3.95. The van der Waals surface area contributed by atoms with Crippen molar-refractivity contribution in [3.63, 3.8) is 0 Å². The van der Waals surface area contributed by atoms with Gasteiger partial charge in [0.1, 0.15) is 5.78 Å². The van der Waals surface area contributed by atoms with Crippen LogP contribution in [-0.4, -0.2) is 30.9 Å². The Balaban J connectivity index is 1.75. The molecule has 0 radical (unpaired) electrons. The smallest absolute Gasteiger partial charge is 0.330 e. The molecule has 5 aliphatic rings. The number of Topliss-reactive ketones (excluding diaryl/α,β-unsaturated/α-hetero) is 1. The number of ketones is 1. The van der Waals surface area contributed by atoms with Crippen LogP contribution in [0.2, 0.25) is 0 Å². The summed E-state index contributed by atoms with van der Waals surface area (Å²) in [5, 5.41) is 0. The summed E-state index contributed by atoms with van der Waals surface area (Å²) in [5.41, 5.74) is 0.695. The summed E-state index contributed by atoms with van der Waals surface area (Å²) in [4.78, 5) is 24.9. The van der Waals surface area contributed by atoms with Crippen molar-refractivity contribution in [1.82, 2.24) is 0 Å². The van der Waals surface area contributed by atoms with E-state index in [4.69, 9.17) is 14.2 Å². The third kappa shape index (κ3) is 2.36. The van der Waals surface area contributed by atoms with Crippen LogP contribution in [0.25, 0.3) is 0 Å². The number of carbonyl (C=O) groups is 2. The lowest BCUT2D eigenvalue weighted by atomic mass is 9.45. The molecule has 3 saturated heterocycles. The lowest BCUT2D eigenvalue weighted by molar-refractivity contribution is -0.468. The molecule has 5 rings (SSSR count). The molecular formula is C21H30O5. The first kappa shape index (κ1) is 18.2. The zero-order valence-electron chi connectivity index (χ0n) is 16.5. The largest absolute Gasteiger partial charge is 0.466 e. The van der Waals surface area contributed by atoms with E-state index in [0.29, 0.717) is 6.42 Å². The Labute approximate surface area is 155 Å². The quantitative estimate of drug-likeness (QED) is 0.527. The lowest BCUT2D eigenvalue weighted by Crippen LogP contribution is -2.69. The SMILES string of the molecule is COC(=O)/C=C1/C[C@H](C)[C@@H]2C3(CC(=O)[C@@H]4C(C)(C)CCC[C@]42C)OC1O3. The zero-order chi connectivity index (χ0) is 18.9. The van der Waals surface area contributed by atoms with Gasteiger partial charge in [-0.2, -0.15) is 0 Å². The van der Waals surface area contributed by atoms with Crippen molar-refractivity contribution in [3.8, 4) is 0 Å². The second-order valence-electron chi connectivity index (χ2n) is 9.71. The van der Waals surface area contributed by atoms with E-state index in [0.717, 1.165) is 31.3 Å². The summed E-state index contributed by atoms with van der Waals surface area (Å²) in [6.45, 7) is 8.96. The van der Waals surface area contributed by atoms with Crippen LogP contribution in [-0.2, 0) is 23.8 Å². The molecule has 5 heteroatoms. The van der Waals surface area contributed by atoms with Gasteiger partial charge in [0.15, 0.2) is 12.1 Å². The van der Waals surface area contributed by atoms with E-state index in [1.807, 2.05) is 0 Å². The molecule has 0 aromatic rings. The highest BCUT2D eigenvalue weighted by Crippen LogP contribution is 2.67. The molecule has 0 N–H and O–H groups in total. The summed E-state index contributed by atoms with van der Waals surface area (Å²) >= 11 is 0. The predicted molar refractivity (Wildman–Crippen MR) is 94.9 cm³/mol. The number of fused-ring (bicyclic) bond motifs is 3. The summed E-state index contributed by atoms with van der Waals surface area (Å²) < 4.78 is 17.3. The van der Waals surface area contributed by atoms with Gasteiger partial charge in [-0.25, -0.2) is 4.79 Å². The van der Waals surface area contributed by atoms with Crippen LogP contribution in [0.5, 0.6) is 0 Å². The van der Waals surface area contributed by atoms with Crippen molar-refractivity contribution in [2.24, 2.45) is 28.6 Å². The van der Waals surface area contributed by atoms with Crippen molar-refractivity contribution in [1.29, 1.82) is 0 Å². The molecule has 2 aliphatic carbocycles. The van der Waals surface area contributed by atoms with Crippen LogP contribution < -0.4 is 0 Å². The average Bonchev–Trinajstić information content (AvgIpc) is 2.67. The van der Waals surface area contributed by atoms with Crippen LogP contribution in [0.4, 0.5) is 0 Å². The number of carbonyl (C=O) groups excluding carboxylic acids is 2. The number of hydrogen-bond donors (Lipinski definition) is 0. The highest BCUT2D eigenvalue weighted by molar-refractivity contribution is 5.85. The van der Waals surface area contributed by atoms with Gasteiger partial charge in [-0.1, -0.05) is 34.1 Å². The third-order valence-electron chi connectivity index (χ3n) is 7.45. The Morgan fingerprint density at radius 3 is 2.58 bits per heavy atom. The molecule has 0 aromatic carbocycles. The fourth-order valence-corrected chi connectivity index (χ4v) is 6.96. The molecule has 0 aromatic heterocycles. The van der Waals surface area contributed by atoms with Gasteiger partial charge in [0.2, 0.25) is 0 Å². The van der Waals surface area contributed by atoms with Gasteiger partial charge in [-0.3, -0.25) is 4.79 Å². The van der Waals surface area contributed by atoms with Crippen molar-refractivity contribution in [2.75, 3.05) is 7.11 Å². The molecule has 5 fully saturated rings. The number of esters is 1. The maximum atomic E-state index is 13.2. The molecule has 4 atom stereocenters. The average molecular weight is 362 g/mol. The first-order valence-electron chi connectivity index (χ1n) is 9.80. The lowest BCUT2D eigenvalue weighted by Gasteiger charge is -2.64. The third-order valence-corrected chi connectivity index (χ3v) is 7.45. The Morgan fingerprint density at radius 2 is 1.92 bits per heavy atom. The standard InChI is InChI=1S/C21H30O5/c1-12-9-13(10-15(23)24-5)18-25-21(26-18)11-14(22)17-19(2,3)7-6-8-20(17,4)16(12)21/h10,12,16-18H,6-9,11H2,1-5H3/b13-10-/t12-,16-,17+,18?,20-,21?/m0/s1. The molecule has 2 saturated carbocycles. The molecule has 5 nitrogen and oxygen atoms in total. The van der Waals surface area contributed by atoms with E-state index in [1.165, 1.54) is 13.2 Å². The second-order valence-corrected chi connectivity index (χ2v) is 9.71. The highest BCUT2D eigenvalue weighted by atomic mass is 16.9. The fraction of sp³-hybridized carbons (Fsp3) is 0.810. The molecule has 3 aliphatic heterocycles. The van der Waals surface area contributed by atoms with Crippen molar-refractivity contribution < 1.29 is 23.8 Å². The van der Waals surface area contributed by atoms with Crippen LogP contribution in [0.3, 0.4) is 0 Å². The zero-order valence-corrected chi connectivity index (χ0v) is 16.5. The van der Waals surface area contributed by atoms with Crippen LogP contribution in [0, 0.1) is 28.6 Å². The second kappa shape index (κ2) is 5.65. The Morgan fingerprint density at radius 1 is 1.23 bits per heavy atom. The van der Waals surface area contributed by atoms with E-state index in [9.17, 15) is 9.59 Å². The molecule has 144 valence electrons. The van der Waals surface area contributed by atoms with Gasteiger partial charge in [0, 0.05) is 17.9 Å². The molecule has 3 heterocycles.